The molecular formula is C24H29N5O3. The molecule has 1 unspecified atom stereocenters. The predicted octanol–water partition coefficient (Wildman–Crippen LogP) is 3.75. The lowest BCUT2D eigenvalue weighted by Gasteiger charge is -2.15. The highest BCUT2D eigenvalue weighted by molar-refractivity contribution is 5.88. The Morgan fingerprint density at radius 2 is 1.97 bits per heavy atom. The second kappa shape index (κ2) is 8.18. The molecule has 0 aliphatic heterocycles. The number of carboxylic acids is 1. The van der Waals surface area contributed by atoms with Crippen LogP contribution in [-0.2, 0) is 18.4 Å². The first kappa shape index (κ1) is 21.7. The molecule has 3 heterocycles. The van der Waals surface area contributed by atoms with E-state index in [1.165, 1.54) is 10.1 Å². The van der Waals surface area contributed by atoms with Crippen molar-refractivity contribution in [2.45, 2.75) is 52.6 Å². The van der Waals surface area contributed by atoms with Crippen molar-refractivity contribution in [1.29, 1.82) is 0 Å². The molecule has 0 saturated heterocycles. The molecule has 8 nitrogen and oxygen atoms in total. The van der Waals surface area contributed by atoms with Gasteiger partial charge in [0, 0.05) is 24.1 Å². The fraction of sp³-hybridized carbons (Fsp3) is 0.375. The summed E-state index contributed by atoms with van der Waals surface area (Å²) in [6.45, 7) is 6.49. The summed E-state index contributed by atoms with van der Waals surface area (Å²) in [7, 11) is 2.00. The summed E-state index contributed by atoms with van der Waals surface area (Å²) in [6, 6.07) is 7.27. The van der Waals surface area contributed by atoms with Crippen molar-refractivity contribution >= 4 is 33.9 Å². The second-order valence-electron chi connectivity index (χ2n) is 8.60. The summed E-state index contributed by atoms with van der Waals surface area (Å²) in [4.78, 5) is 29.6. The van der Waals surface area contributed by atoms with E-state index < -0.39 is 12.0 Å². The Hall–Kier alpha value is -3.55. The number of carbonyl (C=O) groups is 1. The van der Waals surface area contributed by atoms with E-state index in [0.717, 1.165) is 28.5 Å². The van der Waals surface area contributed by atoms with Crippen LogP contribution >= 0.6 is 0 Å². The lowest BCUT2D eigenvalue weighted by Crippen LogP contribution is -2.29. The van der Waals surface area contributed by atoms with E-state index in [1.54, 1.807) is 16.7 Å². The van der Waals surface area contributed by atoms with Gasteiger partial charge in [0.15, 0.2) is 5.65 Å². The van der Waals surface area contributed by atoms with Crippen molar-refractivity contribution in [3.63, 3.8) is 0 Å². The third-order valence-corrected chi connectivity index (χ3v) is 6.07. The maximum atomic E-state index is 13.6. The fourth-order valence-electron chi connectivity index (χ4n) is 4.81. The molecule has 8 heteroatoms. The molecule has 0 aliphatic carbocycles. The van der Waals surface area contributed by atoms with Gasteiger partial charge in [-0.25, -0.2) is 9.78 Å². The number of aliphatic carboxylic acids is 1. The van der Waals surface area contributed by atoms with E-state index in [1.807, 2.05) is 14.0 Å². The summed E-state index contributed by atoms with van der Waals surface area (Å²) < 4.78 is 5.28. The number of pyridine rings is 1. The average Bonchev–Trinajstić information content (AvgIpc) is 3.15. The first-order valence-electron chi connectivity index (χ1n) is 10.9. The van der Waals surface area contributed by atoms with Crippen molar-refractivity contribution < 1.29 is 9.90 Å². The van der Waals surface area contributed by atoms with Gasteiger partial charge in [-0.1, -0.05) is 19.4 Å². The predicted molar refractivity (Wildman–Crippen MR) is 126 cm³/mol. The minimum absolute atomic E-state index is 0.143. The van der Waals surface area contributed by atoms with Crippen LogP contribution in [-0.4, -0.2) is 29.8 Å². The molecule has 0 saturated carbocycles. The standard InChI is InChI=1S/C24H29N5O3/c1-5-6-17(11-21(30)31)29-23-18(7-8-20(25)26-23)28(24(29)32)13-16-12-27(4)19-10-14(2)9-15(3)22(16)19/h7-10,12,17H,5-6,11,13H2,1-4H3,(H2,25,26)(H,30,31). The molecule has 4 rings (SSSR count). The summed E-state index contributed by atoms with van der Waals surface area (Å²) in [5.74, 6) is -0.648. The van der Waals surface area contributed by atoms with Gasteiger partial charge in [0.2, 0.25) is 0 Å². The van der Waals surface area contributed by atoms with Crippen molar-refractivity contribution in [2.75, 3.05) is 5.73 Å². The van der Waals surface area contributed by atoms with Gasteiger partial charge in [0.05, 0.1) is 24.5 Å². The Morgan fingerprint density at radius 3 is 2.66 bits per heavy atom. The maximum absolute atomic E-state index is 13.6. The van der Waals surface area contributed by atoms with Crippen LogP contribution in [0.25, 0.3) is 22.1 Å². The van der Waals surface area contributed by atoms with Gasteiger partial charge in [-0.2, -0.15) is 0 Å². The highest BCUT2D eigenvalue weighted by atomic mass is 16.4. The Labute approximate surface area is 185 Å². The monoisotopic (exact) mass is 435 g/mol. The molecule has 168 valence electrons. The summed E-state index contributed by atoms with van der Waals surface area (Å²) in [5.41, 5.74) is 11.2. The SMILES string of the molecule is CCCC(CC(=O)O)n1c(=O)n(Cc2cn(C)c3cc(C)cc(C)c23)c2ccc(N)nc21. The van der Waals surface area contributed by atoms with Crippen LogP contribution in [0.4, 0.5) is 5.82 Å². The first-order chi connectivity index (χ1) is 15.2. The molecule has 0 radical (unpaired) electrons. The number of anilines is 1. The molecule has 0 bridgehead atoms. The zero-order chi connectivity index (χ0) is 23.2. The highest BCUT2D eigenvalue weighted by Crippen LogP contribution is 2.28. The third kappa shape index (κ3) is 3.66. The highest BCUT2D eigenvalue weighted by Gasteiger charge is 2.24. The maximum Gasteiger partial charge on any atom is 0.330 e. The van der Waals surface area contributed by atoms with Crippen LogP contribution in [0.3, 0.4) is 0 Å². The molecule has 0 spiro atoms. The first-order valence-corrected chi connectivity index (χ1v) is 10.9. The number of fused-ring (bicyclic) bond motifs is 2. The fourth-order valence-corrected chi connectivity index (χ4v) is 4.81. The molecule has 4 aromatic rings. The minimum atomic E-state index is -0.944. The Morgan fingerprint density at radius 1 is 1.22 bits per heavy atom. The van der Waals surface area contributed by atoms with Crippen LogP contribution in [0.2, 0.25) is 0 Å². The Balaban J connectivity index is 1.93. The lowest BCUT2D eigenvalue weighted by molar-refractivity contribution is -0.137. The number of imidazole rings is 1. The van der Waals surface area contributed by atoms with Gasteiger partial charge in [-0.3, -0.25) is 13.9 Å². The van der Waals surface area contributed by atoms with E-state index in [9.17, 15) is 14.7 Å². The Bertz CT molecular complexity index is 1390. The van der Waals surface area contributed by atoms with Gasteiger partial charge in [0.25, 0.3) is 0 Å². The van der Waals surface area contributed by atoms with Gasteiger partial charge in [0.1, 0.15) is 5.82 Å². The van der Waals surface area contributed by atoms with Crippen molar-refractivity contribution in [3.8, 4) is 0 Å². The van der Waals surface area contributed by atoms with E-state index in [0.29, 0.717) is 29.9 Å². The van der Waals surface area contributed by atoms with Crippen LogP contribution in [0.5, 0.6) is 0 Å². The van der Waals surface area contributed by atoms with E-state index in [-0.39, 0.29) is 12.1 Å². The second-order valence-corrected chi connectivity index (χ2v) is 8.60. The summed E-state index contributed by atoms with van der Waals surface area (Å²) in [5, 5.41) is 10.6. The van der Waals surface area contributed by atoms with Gasteiger partial charge in [-0.15, -0.1) is 0 Å². The van der Waals surface area contributed by atoms with E-state index in [4.69, 9.17) is 5.73 Å². The van der Waals surface area contributed by atoms with Crippen LogP contribution < -0.4 is 11.4 Å². The molecule has 3 aromatic heterocycles. The van der Waals surface area contributed by atoms with Crippen LogP contribution in [0, 0.1) is 13.8 Å². The number of nitrogen functional groups attached to an aromatic ring is 1. The van der Waals surface area contributed by atoms with Gasteiger partial charge in [-0.05, 0) is 55.2 Å². The molecule has 1 aromatic carbocycles. The zero-order valence-electron chi connectivity index (χ0n) is 18.9. The molecule has 32 heavy (non-hydrogen) atoms. The number of aryl methyl sites for hydroxylation is 3. The number of hydrogen-bond acceptors (Lipinski definition) is 4. The number of rotatable bonds is 7. The number of hydrogen-bond donors (Lipinski definition) is 2. The molecule has 0 fully saturated rings. The topological polar surface area (TPSA) is 108 Å². The van der Waals surface area contributed by atoms with Crippen molar-refractivity contribution in [1.82, 2.24) is 18.7 Å². The third-order valence-electron chi connectivity index (χ3n) is 6.07. The van der Waals surface area contributed by atoms with E-state index in [2.05, 4.69) is 41.7 Å². The van der Waals surface area contributed by atoms with E-state index >= 15 is 0 Å². The number of aromatic nitrogens is 4. The van der Waals surface area contributed by atoms with Crippen LogP contribution in [0.15, 0.2) is 35.3 Å². The Kier molecular flexibility index (Phi) is 5.54. The number of benzene rings is 1. The smallest absolute Gasteiger partial charge is 0.330 e. The van der Waals surface area contributed by atoms with Crippen molar-refractivity contribution in [3.05, 3.63) is 57.6 Å². The normalized spacial score (nSPS) is 12.6. The molecule has 0 amide bonds. The molecular weight excluding hydrogens is 406 g/mol. The lowest BCUT2D eigenvalue weighted by atomic mass is 10.0. The average molecular weight is 436 g/mol. The number of nitrogens with two attached hydrogens (primary N) is 1. The molecule has 3 N–H and O–H groups in total. The van der Waals surface area contributed by atoms with Crippen molar-refractivity contribution in [2.24, 2.45) is 7.05 Å². The zero-order valence-corrected chi connectivity index (χ0v) is 18.9. The molecule has 1 atom stereocenters. The number of carboxylic acid groups (broad SMARTS) is 1. The van der Waals surface area contributed by atoms with Gasteiger partial charge >= 0.3 is 11.7 Å². The summed E-state index contributed by atoms with van der Waals surface area (Å²) >= 11 is 0. The quantitative estimate of drug-likeness (QED) is 0.460. The summed E-state index contributed by atoms with van der Waals surface area (Å²) in [6.07, 6.45) is 3.23. The van der Waals surface area contributed by atoms with Gasteiger partial charge < -0.3 is 15.4 Å². The van der Waals surface area contributed by atoms with Crippen LogP contribution in [0.1, 0.15) is 48.9 Å². The largest absolute Gasteiger partial charge is 0.481 e. The molecule has 0 aliphatic rings. The number of nitrogens with zero attached hydrogens (tertiary/aromatic N) is 4. The minimum Gasteiger partial charge on any atom is -0.481 e.